The standard InChI is InChI=1S/C19H16ClF3N4O3/c1-26(18(29)16-6-4-13(30-16)10-27-8-2-7-24-27)11-17(28)25-12-3-5-15(20)14(9-12)19(21,22)23/h2-9H,10-11H2,1H3,(H,25,28). The Morgan fingerprint density at radius 1 is 1.27 bits per heavy atom. The summed E-state index contributed by atoms with van der Waals surface area (Å²) < 4.78 is 45.9. The molecule has 0 atom stereocenters. The lowest BCUT2D eigenvalue weighted by Gasteiger charge is -2.16. The Bertz CT molecular complexity index is 1050. The molecule has 2 aromatic heterocycles. The van der Waals surface area contributed by atoms with Gasteiger partial charge in [0.05, 0.1) is 23.7 Å². The minimum atomic E-state index is -4.66. The molecular weight excluding hydrogens is 425 g/mol. The number of hydrogen-bond acceptors (Lipinski definition) is 4. The first-order valence-electron chi connectivity index (χ1n) is 8.61. The van der Waals surface area contributed by atoms with Gasteiger partial charge in [-0.1, -0.05) is 11.6 Å². The second-order valence-electron chi connectivity index (χ2n) is 6.37. The van der Waals surface area contributed by atoms with Gasteiger partial charge in [-0.2, -0.15) is 18.3 Å². The van der Waals surface area contributed by atoms with Crippen LogP contribution in [0.2, 0.25) is 5.02 Å². The normalized spacial score (nSPS) is 11.4. The highest BCUT2D eigenvalue weighted by molar-refractivity contribution is 6.31. The third-order valence-corrected chi connectivity index (χ3v) is 4.36. The summed E-state index contributed by atoms with van der Waals surface area (Å²) in [5.41, 5.74) is -1.15. The van der Waals surface area contributed by atoms with Gasteiger partial charge in [-0.15, -0.1) is 0 Å². The van der Waals surface area contributed by atoms with Crippen LogP contribution in [-0.4, -0.2) is 40.1 Å². The minimum absolute atomic E-state index is 0.0262. The van der Waals surface area contributed by atoms with Crippen molar-refractivity contribution in [3.8, 4) is 0 Å². The van der Waals surface area contributed by atoms with Gasteiger partial charge >= 0.3 is 6.18 Å². The van der Waals surface area contributed by atoms with Gasteiger partial charge in [0.15, 0.2) is 5.76 Å². The molecule has 2 amide bonds. The summed E-state index contributed by atoms with van der Waals surface area (Å²) in [6.45, 7) is -0.0550. The molecule has 0 fully saturated rings. The summed E-state index contributed by atoms with van der Waals surface area (Å²) in [6, 6.07) is 7.86. The van der Waals surface area contributed by atoms with Crippen molar-refractivity contribution in [2.75, 3.05) is 18.9 Å². The largest absolute Gasteiger partial charge is 0.454 e. The third kappa shape index (κ3) is 5.20. The molecule has 158 valence electrons. The molecule has 0 saturated carbocycles. The molecule has 0 aliphatic carbocycles. The van der Waals surface area contributed by atoms with Gasteiger partial charge in [0.1, 0.15) is 5.76 Å². The Morgan fingerprint density at radius 3 is 2.70 bits per heavy atom. The Hall–Kier alpha value is -3.27. The average molecular weight is 441 g/mol. The number of halogens is 4. The molecule has 3 rings (SSSR count). The number of aromatic nitrogens is 2. The Morgan fingerprint density at radius 2 is 2.03 bits per heavy atom. The van der Waals surface area contributed by atoms with Gasteiger partial charge in [0.2, 0.25) is 5.91 Å². The van der Waals surface area contributed by atoms with Crippen LogP contribution in [0.15, 0.2) is 53.2 Å². The van der Waals surface area contributed by atoms with Crippen molar-refractivity contribution in [1.82, 2.24) is 14.7 Å². The Kier molecular flexibility index (Phi) is 6.16. The molecule has 7 nitrogen and oxygen atoms in total. The van der Waals surface area contributed by atoms with E-state index < -0.39 is 35.1 Å². The van der Waals surface area contributed by atoms with Crippen molar-refractivity contribution < 1.29 is 27.2 Å². The molecule has 1 N–H and O–H groups in total. The van der Waals surface area contributed by atoms with E-state index in [2.05, 4.69) is 10.4 Å². The summed E-state index contributed by atoms with van der Waals surface area (Å²) in [5.74, 6) is -0.701. The SMILES string of the molecule is CN(CC(=O)Nc1ccc(Cl)c(C(F)(F)F)c1)C(=O)c1ccc(Cn2cccn2)o1. The molecule has 2 heterocycles. The second kappa shape index (κ2) is 8.62. The zero-order chi connectivity index (χ0) is 21.9. The number of carbonyl (C=O) groups is 2. The van der Waals surface area contributed by atoms with E-state index in [1.807, 2.05) is 0 Å². The highest BCUT2D eigenvalue weighted by Crippen LogP contribution is 2.36. The van der Waals surface area contributed by atoms with Gasteiger partial charge in [-0.3, -0.25) is 14.3 Å². The minimum Gasteiger partial charge on any atom is -0.454 e. The van der Waals surface area contributed by atoms with Gasteiger partial charge in [0.25, 0.3) is 5.91 Å². The number of nitrogens with one attached hydrogen (secondary N) is 1. The van der Waals surface area contributed by atoms with Crippen LogP contribution in [0.5, 0.6) is 0 Å². The lowest BCUT2D eigenvalue weighted by Crippen LogP contribution is -2.34. The highest BCUT2D eigenvalue weighted by Gasteiger charge is 2.33. The molecule has 0 radical (unpaired) electrons. The fraction of sp³-hybridized carbons (Fsp3) is 0.211. The van der Waals surface area contributed by atoms with E-state index in [4.69, 9.17) is 16.0 Å². The third-order valence-electron chi connectivity index (χ3n) is 4.03. The highest BCUT2D eigenvalue weighted by atomic mass is 35.5. The van der Waals surface area contributed by atoms with E-state index in [9.17, 15) is 22.8 Å². The maximum absolute atomic E-state index is 12.9. The Balaban J connectivity index is 1.60. The summed E-state index contributed by atoms with van der Waals surface area (Å²) in [5, 5.41) is 5.88. The lowest BCUT2D eigenvalue weighted by atomic mass is 10.2. The van der Waals surface area contributed by atoms with Crippen LogP contribution in [-0.2, 0) is 17.5 Å². The molecule has 0 aliphatic heterocycles. The van der Waals surface area contributed by atoms with Crippen molar-refractivity contribution in [3.63, 3.8) is 0 Å². The average Bonchev–Trinajstić information content (AvgIpc) is 3.34. The first kappa shape index (κ1) is 21.4. The number of rotatable bonds is 6. The zero-order valence-electron chi connectivity index (χ0n) is 15.6. The summed E-state index contributed by atoms with van der Waals surface area (Å²) in [4.78, 5) is 25.7. The number of carbonyl (C=O) groups excluding carboxylic acids is 2. The van der Waals surface area contributed by atoms with Crippen molar-refractivity contribution in [3.05, 3.63) is 70.9 Å². The van der Waals surface area contributed by atoms with Crippen molar-refractivity contribution >= 4 is 29.1 Å². The number of likely N-dealkylation sites (N-methyl/N-ethyl adjacent to an activating group) is 1. The van der Waals surface area contributed by atoms with E-state index in [1.165, 1.54) is 19.2 Å². The molecule has 0 unspecified atom stereocenters. The molecule has 3 aromatic rings. The van der Waals surface area contributed by atoms with E-state index in [1.54, 1.807) is 29.2 Å². The topological polar surface area (TPSA) is 80.4 Å². The molecule has 0 saturated heterocycles. The van der Waals surface area contributed by atoms with Crippen LogP contribution in [0.4, 0.5) is 18.9 Å². The van der Waals surface area contributed by atoms with Crippen molar-refractivity contribution in [2.45, 2.75) is 12.7 Å². The van der Waals surface area contributed by atoms with Crippen LogP contribution in [0.1, 0.15) is 21.9 Å². The van der Waals surface area contributed by atoms with E-state index in [0.717, 1.165) is 17.0 Å². The van der Waals surface area contributed by atoms with Gasteiger partial charge in [-0.05, 0) is 36.4 Å². The predicted molar refractivity (Wildman–Crippen MR) is 102 cm³/mol. The molecular formula is C19H16ClF3N4O3. The quantitative estimate of drug-likeness (QED) is 0.630. The van der Waals surface area contributed by atoms with E-state index in [-0.39, 0.29) is 11.4 Å². The van der Waals surface area contributed by atoms with Crippen LogP contribution < -0.4 is 5.32 Å². The first-order valence-corrected chi connectivity index (χ1v) is 8.99. The van der Waals surface area contributed by atoms with Crippen LogP contribution in [0.3, 0.4) is 0 Å². The number of nitrogens with zero attached hydrogens (tertiary/aromatic N) is 3. The van der Waals surface area contributed by atoms with Crippen LogP contribution in [0.25, 0.3) is 0 Å². The molecule has 11 heteroatoms. The molecule has 1 aromatic carbocycles. The van der Waals surface area contributed by atoms with Gasteiger partial charge in [-0.25, -0.2) is 0 Å². The summed E-state index contributed by atoms with van der Waals surface area (Å²) >= 11 is 5.56. The van der Waals surface area contributed by atoms with Gasteiger partial charge < -0.3 is 14.6 Å². The van der Waals surface area contributed by atoms with Crippen LogP contribution >= 0.6 is 11.6 Å². The van der Waals surface area contributed by atoms with E-state index >= 15 is 0 Å². The number of benzene rings is 1. The number of furan rings is 1. The fourth-order valence-corrected chi connectivity index (χ4v) is 2.85. The predicted octanol–water partition coefficient (Wildman–Crippen LogP) is 3.91. The molecule has 0 aliphatic rings. The number of amides is 2. The van der Waals surface area contributed by atoms with Crippen LogP contribution in [0, 0.1) is 0 Å². The maximum atomic E-state index is 12.9. The first-order chi connectivity index (χ1) is 14.1. The lowest BCUT2D eigenvalue weighted by molar-refractivity contribution is -0.137. The van der Waals surface area contributed by atoms with Gasteiger partial charge in [0, 0.05) is 25.1 Å². The number of anilines is 1. The molecule has 30 heavy (non-hydrogen) atoms. The molecule has 0 bridgehead atoms. The second-order valence-corrected chi connectivity index (χ2v) is 6.78. The number of hydrogen-bond donors (Lipinski definition) is 1. The van der Waals surface area contributed by atoms with Crippen molar-refractivity contribution in [1.29, 1.82) is 0 Å². The smallest absolute Gasteiger partial charge is 0.417 e. The zero-order valence-corrected chi connectivity index (χ0v) is 16.4. The van der Waals surface area contributed by atoms with E-state index in [0.29, 0.717) is 12.3 Å². The fourth-order valence-electron chi connectivity index (χ4n) is 2.63. The monoisotopic (exact) mass is 440 g/mol. The summed E-state index contributed by atoms with van der Waals surface area (Å²) in [7, 11) is 1.38. The van der Waals surface area contributed by atoms with Crippen molar-refractivity contribution in [2.24, 2.45) is 0 Å². The number of alkyl halides is 3. The Labute approximate surface area is 174 Å². The molecule has 0 spiro atoms. The maximum Gasteiger partial charge on any atom is 0.417 e. The summed E-state index contributed by atoms with van der Waals surface area (Å²) in [6.07, 6.45) is -1.31.